The normalized spacial score (nSPS) is 11.1. The molecule has 0 aromatic heterocycles. The van der Waals surface area contributed by atoms with Crippen molar-refractivity contribution in [2.75, 3.05) is 0 Å². The molecule has 0 unspecified atom stereocenters. The van der Waals surface area contributed by atoms with Crippen LogP contribution in [0.5, 0.6) is 0 Å². The van der Waals surface area contributed by atoms with Crippen LogP contribution in [0, 0.1) is 5.41 Å². The lowest BCUT2D eigenvalue weighted by Crippen LogP contribution is -1.93. The molecule has 1 saturated carbocycles. The molecule has 1 aliphatic carbocycles. The van der Waals surface area contributed by atoms with Crippen molar-refractivity contribution in [3.8, 4) is 0 Å². The Morgan fingerprint density at radius 1 is 0.333 bits per heavy atom. The van der Waals surface area contributed by atoms with Crippen LogP contribution in [-0.4, -0.2) is 0 Å². The van der Waals surface area contributed by atoms with Gasteiger partial charge in [-0.05, 0) is 5.41 Å². The molecule has 0 N–H and O–H groups in total. The van der Waals surface area contributed by atoms with Crippen molar-refractivity contribution in [1.82, 2.24) is 0 Å². The van der Waals surface area contributed by atoms with Crippen LogP contribution < -0.4 is 0 Å². The Morgan fingerprint density at radius 2 is 0.381 bits per heavy atom. The van der Waals surface area contributed by atoms with Crippen LogP contribution in [0.2, 0.25) is 0 Å². The first-order valence-electron chi connectivity index (χ1n) is 10.0. The van der Waals surface area contributed by atoms with Gasteiger partial charge in [0.05, 0.1) is 0 Å². The average molecular weight is 307 g/mol. The molecule has 0 aromatic carbocycles. The molecular weight excluding hydrogens is 252 g/mol. The average Bonchev–Trinajstić information content (AvgIpc) is 2.57. The zero-order valence-corrected chi connectivity index (χ0v) is 18.7. The highest BCUT2D eigenvalue weighted by atomic mass is 14.0. The van der Waals surface area contributed by atoms with Crippen LogP contribution in [0.15, 0.2) is 0 Å². The molecule has 0 aliphatic heterocycles. The van der Waals surface area contributed by atoms with Crippen molar-refractivity contribution in [2.45, 2.75) is 135 Å². The molecule has 1 fully saturated rings. The highest BCUT2D eigenvalue weighted by Crippen LogP contribution is 2.15. The predicted molar refractivity (Wildman–Crippen MR) is 110 cm³/mol. The van der Waals surface area contributed by atoms with E-state index in [1.54, 1.807) is 0 Å². The lowest BCUT2D eigenvalue weighted by molar-refractivity contribution is 0.469. The highest BCUT2D eigenvalue weighted by molar-refractivity contribution is 4.51. The van der Waals surface area contributed by atoms with Crippen molar-refractivity contribution in [2.24, 2.45) is 5.41 Å². The van der Waals surface area contributed by atoms with E-state index >= 15 is 0 Å². The van der Waals surface area contributed by atoms with Crippen LogP contribution >= 0.6 is 0 Å². The van der Waals surface area contributed by atoms with E-state index in [0.717, 1.165) is 0 Å². The molecule has 138 valence electrons. The van der Waals surface area contributed by atoms with Crippen molar-refractivity contribution < 1.29 is 0 Å². The molecule has 0 nitrogen and oxygen atoms in total. The molecule has 0 heteroatoms. The Balaban J connectivity index is -0.0000000342. The molecule has 1 rings (SSSR count). The van der Waals surface area contributed by atoms with Crippen molar-refractivity contribution >= 4 is 0 Å². The minimum atomic E-state index is 0.500. The highest BCUT2D eigenvalue weighted by Gasteiger charge is 1.96. The van der Waals surface area contributed by atoms with Crippen LogP contribution in [0.3, 0.4) is 0 Å². The minimum Gasteiger partial charge on any atom is -0.0683 e. The van der Waals surface area contributed by atoms with Gasteiger partial charge in [-0.25, -0.2) is 0 Å². The quantitative estimate of drug-likeness (QED) is 0.418. The molecule has 21 heavy (non-hydrogen) atoms. The summed E-state index contributed by atoms with van der Waals surface area (Å²) in [6.45, 7) is 28.8. The first-order valence-corrected chi connectivity index (χ1v) is 10.0. The Morgan fingerprint density at radius 3 is 0.429 bits per heavy atom. The SMILES string of the molecule is C1CCCCC1.CC.CC.CC.CC.CC.CC(C)(C)C. The van der Waals surface area contributed by atoms with Gasteiger partial charge in [0, 0.05) is 0 Å². The Labute approximate surface area is 141 Å². The third-order valence-corrected chi connectivity index (χ3v) is 1.50. The summed E-state index contributed by atoms with van der Waals surface area (Å²) in [6.07, 6.45) is 9.00. The van der Waals surface area contributed by atoms with Gasteiger partial charge in [0.1, 0.15) is 0 Å². The number of hydrogen-bond acceptors (Lipinski definition) is 0. The summed E-state index contributed by atoms with van der Waals surface area (Å²) in [5.41, 5.74) is 0.500. The molecule has 0 atom stereocenters. The lowest BCUT2D eigenvalue weighted by Gasteiger charge is -2.05. The van der Waals surface area contributed by atoms with Gasteiger partial charge in [-0.15, -0.1) is 0 Å². The number of rotatable bonds is 0. The molecule has 0 radical (unpaired) electrons. The van der Waals surface area contributed by atoms with Gasteiger partial charge in [0.15, 0.2) is 0 Å². The van der Waals surface area contributed by atoms with E-state index in [1.807, 2.05) is 69.2 Å². The molecule has 1 aliphatic rings. The standard InChI is InChI=1S/C6H12.C5H12.5C2H6/c1-2-4-6-5-3-1;1-5(2,3)4;5*1-2/h1-6H2;1-4H3;5*1-2H3. The van der Waals surface area contributed by atoms with Crippen molar-refractivity contribution in [3.05, 3.63) is 0 Å². The van der Waals surface area contributed by atoms with E-state index in [2.05, 4.69) is 27.7 Å². The van der Waals surface area contributed by atoms with Crippen molar-refractivity contribution in [1.29, 1.82) is 0 Å². The van der Waals surface area contributed by atoms with Gasteiger partial charge in [-0.1, -0.05) is 135 Å². The maximum absolute atomic E-state index is 2.19. The van der Waals surface area contributed by atoms with Gasteiger partial charge < -0.3 is 0 Å². The summed E-state index contributed by atoms with van der Waals surface area (Å²) in [5, 5.41) is 0. The number of hydrogen-bond donors (Lipinski definition) is 0. The summed E-state index contributed by atoms with van der Waals surface area (Å²) in [5.74, 6) is 0. The summed E-state index contributed by atoms with van der Waals surface area (Å²) >= 11 is 0. The smallest absolute Gasteiger partial charge is 0.0411 e. The summed E-state index contributed by atoms with van der Waals surface area (Å²) < 4.78 is 0. The lowest BCUT2D eigenvalue weighted by atomic mass is 10.0. The van der Waals surface area contributed by atoms with Crippen LogP contribution in [0.25, 0.3) is 0 Å². The molecule has 0 amide bonds. The van der Waals surface area contributed by atoms with E-state index in [9.17, 15) is 0 Å². The van der Waals surface area contributed by atoms with Gasteiger partial charge in [0.2, 0.25) is 0 Å². The summed E-state index contributed by atoms with van der Waals surface area (Å²) in [4.78, 5) is 0. The fraction of sp³-hybridized carbons (Fsp3) is 1.00. The van der Waals surface area contributed by atoms with Crippen molar-refractivity contribution in [3.63, 3.8) is 0 Å². The zero-order chi connectivity index (χ0) is 18.7. The first kappa shape index (κ1) is 37.3. The fourth-order valence-electron chi connectivity index (χ4n) is 1.06. The second kappa shape index (κ2) is 50.1. The monoisotopic (exact) mass is 306 g/mol. The van der Waals surface area contributed by atoms with Gasteiger partial charge in [-0.2, -0.15) is 0 Å². The van der Waals surface area contributed by atoms with E-state index in [4.69, 9.17) is 0 Å². The van der Waals surface area contributed by atoms with Crippen LogP contribution in [0.1, 0.15) is 135 Å². The van der Waals surface area contributed by atoms with Gasteiger partial charge in [0.25, 0.3) is 0 Å². The summed E-state index contributed by atoms with van der Waals surface area (Å²) in [7, 11) is 0. The minimum absolute atomic E-state index is 0.500. The van der Waals surface area contributed by atoms with E-state index in [-0.39, 0.29) is 0 Å². The molecule has 0 heterocycles. The maximum atomic E-state index is 2.19. The fourth-order valence-corrected chi connectivity index (χ4v) is 1.06. The first-order chi connectivity index (χ1) is 10.0. The Bertz CT molecular complexity index is 55.0. The van der Waals surface area contributed by atoms with Crippen LogP contribution in [0.4, 0.5) is 0 Å². The van der Waals surface area contributed by atoms with Crippen LogP contribution in [-0.2, 0) is 0 Å². The van der Waals surface area contributed by atoms with Gasteiger partial charge in [-0.3, -0.25) is 0 Å². The zero-order valence-electron chi connectivity index (χ0n) is 18.7. The Kier molecular flexibility index (Phi) is 89.1. The molecular formula is C21H54. The molecule has 0 saturated heterocycles. The maximum Gasteiger partial charge on any atom is -0.0411 e. The third kappa shape index (κ3) is 180. The van der Waals surface area contributed by atoms with E-state index < -0.39 is 0 Å². The molecule has 0 bridgehead atoms. The topological polar surface area (TPSA) is 0 Å². The second-order valence-electron chi connectivity index (χ2n) is 5.12. The largest absolute Gasteiger partial charge is 0.0683 e. The second-order valence-corrected chi connectivity index (χ2v) is 5.12. The summed E-state index contributed by atoms with van der Waals surface area (Å²) in [6, 6.07) is 0. The van der Waals surface area contributed by atoms with E-state index in [0.29, 0.717) is 5.41 Å². The van der Waals surface area contributed by atoms with E-state index in [1.165, 1.54) is 38.5 Å². The Hall–Kier alpha value is 0. The predicted octanol–water partition coefficient (Wildman–Crippen LogP) is 9.52. The third-order valence-electron chi connectivity index (χ3n) is 1.50. The van der Waals surface area contributed by atoms with Gasteiger partial charge >= 0.3 is 0 Å². The molecule has 0 aromatic rings. The molecule has 0 spiro atoms.